The highest BCUT2D eigenvalue weighted by Gasteiger charge is 2.12. The van der Waals surface area contributed by atoms with E-state index in [1.165, 1.54) is 32.4 Å². The third-order valence-corrected chi connectivity index (χ3v) is 2.32. The smallest absolute Gasteiger partial charge is 0.00270 e. The number of unbranched alkanes of at least 4 members (excludes halogenated alkanes) is 1. The number of hydrogen-bond donors (Lipinski definition) is 0. The van der Waals surface area contributed by atoms with Crippen LogP contribution < -0.4 is 0 Å². The third kappa shape index (κ3) is 10.0. The van der Waals surface area contributed by atoms with Crippen molar-refractivity contribution in [2.24, 2.45) is 11.3 Å². The average molecular weight is 199 g/mol. The lowest BCUT2D eigenvalue weighted by Crippen LogP contribution is -2.30. The zero-order valence-electron chi connectivity index (χ0n) is 11.1. The molecule has 14 heavy (non-hydrogen) atoms. The quantitative estimate of drug-likeness (QED) is 0.588. The molecule has 1 nitrogen and oxygen atoms in total. The SMILES string of the molecule is CC(C)CCCCN(C)CC(C)(C)C. The predicted octanol–water partition coefficient (Wildman–Crippen LogP) is 3.79. The van der Waals surface area contributed by atoms with Gasteiger partial charge in [-0.25, -0.2) is 0 Å². The largest absolute Gasteiger partial charge is 0.306 e. The molecule has 0 saturated heterocycles. The van der Waals surface area contributed by atoms with Crippen LogP contribution in [0.5, 0.6) is 0 Å². The summed E-state index contributed by atoms with van der Waals surface area (Å²) in [4.78, 5) is 2.46. The van der Waals surface area contributed by atoms with Crippen LogP contribution in [0.2, 0.25) is 0 Å². The van der Waals surface area contributed by atoms with Gasteiger partial charge >= 0.3 is 0 Å². The summed E-state index contributed by atoms with van der Waals surface area (Å²) in [6, 6.07) is 0. The van der Waals surface area contributed by atoms with Gasteiger partial charge in [-0.15, -0.1) is 0 Å². The van der Waals surface area contributed by atoms with Gasteiger partial charge in [0.1, 0.15) is 0 Å². The molecule has 0 heterocycles. The summed E-state index contributed by atoms with van der Waals surface area (Å²) in [5.74, 6) is 0.864. The minimum absolute atomic E-state index is 0.437. The second-order valence-electron chi connectivity index (χ2n) is 6.19. The van der Waals surface area contributed by atoms with E-state index in [4.69, 9.17) is 0 Å². The molecule has 0 atom stereocenters. The molecule has 0 aliphatic rings. The van der Waals surface area contributed by atoms with E-state index in [1.807, 2.05) is 0 Å². The number of hydrogen-bond acceptors (Lipinski definition) is 1. The highest BCUT2D eigenvalue weighted by Crippen LogP contribution is 2.14. The van der Waals surface area contributed by atoms with E-state index in [1.54, 1.807) is 0 Å². The fourth-order valence-corrected chi connectivity index (χ4v) is 1.82. The molecule has 0 amide bonds. The first-order valence-electron chi connectivity index (χ1n) is 6.00. The molecule has 0 aromatic heterocycles. The molecule has 0 aliphatic carbocycles. The molecule has 0 aliphatic heterocycles. The molecule has 86 valence electrons. The van der Waals surface area contributed by atoms with Crippen LogP contribution in [0.25, 0.3) is 0 Å². The lowest BCUT2D eigenvalue weighted by atomic mass is 9.96. The van der Waals surface area contributed by atoms with Crippen molar-refractivity contribution in [3.63, 3.8) is 0 Å². The molecule has 0 N–H and O–H groups in total. The van der Waals surface area contributed by atoms with Gasteiger partial charge in [0, 0.05) is 6.54 Å². The molecule has 0 aromatic rings. The van der Waals surface area contributed by atoms with E-state index in [0.717, 1.165) is 5.92 Å². The number of rotatable bonds is 6. The zero-order chi connectivity index (χ0) is 11.2. The Hall–Kier alpha value is -0.0400. The predicted molar refractivity (Wildman–Crippen MR) is 65.6 cm³/mol. The normalized spacial score (nSPS) is 12.9. The van der Waals surface area contributed by atoms with Gasteiger partial charge < -0.3 is 4.90 Å². The summed E-state index contributed by atoms with van der Waals surface area (Å²) in [5, 5.41) is 0. The molecule has 0 saturated carbocycles. The lowest BCUT2D eigenvalue weighted by molar-refractivity contribution is 0.222. The Labute approximate surface area is 90.9 Å². The van der Waals surface area contributed by atoms with E-state index in [-0.39, 0.29) is 0 Å². The first-order chi connectivity index (χ1) is 6.31. The van der Waals surface area contributed by atoms with Crippen molar-refractivity contribution in [3.8, 4) is 0 Å². The molecule has 0 radical (unpaired) electrons. The maximum Gasteiger partial charge on any atom is 0.00270 e. The van der Waals surface area contributed by atoms with Gasteiger partial charge in [0.05, 0.1) is 0 Å². The van der Waals surface area contributed by atoms with E-state index in [9.17, 15) is 0 Å². The first kappa shape index (κ1) is 14.0. The average Bonchev–Trinajstić information content (AvgIpc) is 1.94. The zero-order valence-corrected chi connectivity index (χ0v) is 11.1. The summed E-state index contributed by atoms with van der Waals surface area (Å²) >= 11 is 0. The summed E-state index contributed by atoms with van der Waals surface area (Å²) in [7, 11) is 2.24. The van der Waals surface area contributed by atoms with Gasteiger partial charge in [-0.1, -0.05) is 47.5 Å². The molecule has 1 heteroatoms. The Kier molecular flexibility index (Phi) is 6.43. The molecule has 0 rings (SSSR count). The van der Waals surface area contributed by atoms with E-state index in [2.05, 4.69) is 46.6 Å². The van der Waals surface area contributed by atoms with Crippen molar-refractivity contribution >= 4 is 0 Å². The molecule has 0 spiro atoms. The van der Waals surface area contributed by atoms with Crippen LogP contribution in [0, 0.1) is 11.3 Å². The molecule has 0 aromatic carbocycles. The van der Waals surface area contributed by atoms with Gasteiger partial charge in [0.25, 0.3) is 0 Å². The maximum absolute atomic E-state index is 2.46. The van der Waals surface area contributed by atoms with Gasteiger partial charge in [0.2, 0.25) is 0 Å². The highest BCUT2D eigenvalue weighted by atomic mass is 15.1. The monoisotopic (exact) mass is 199 g/mol. The summed E-state index contributed by atoms with van der Waals surface area (Å²) in [6.45, 7) is 14.0. The van der Waals surface area contributed by atoms with Crippen LogP contribution in [-0.4, -0.2) is 25.0 Å². The van der Waals surface area contributed by atoms with Crippen LogP contribution in [0.4, 0.5) is 0 Å². The van der Waals surface area contributed by atoms with Crippen LogP contribution in [-0.2, 0) is 0 Å². The van der Waals surface area contributed by atoms with Crippen molar-refractivity contribution in [1.82, 2.24) is 4.90 Å². The summed E-state index contributed by atoms with van der Waals surface area (Å²) in [5.41, 5.74) is 0.437. The van der Waals surface area contributed by atoms with Crippen molar-refractivity contribution in [3.05, 3.63) is 0 Å². The van der Waals surface area contributed by atoms with Gasteiger partial charge in [0.15, 0.2) is 0 Å². The molecule has 0 unspecified atom stereocenters. The van der Waals surface area contributed by atoms with Crippen LogP contribution in [0.1, 0.15) is 53.9 Å². The van der Waals surface area contributed by atoms with E-state index < -0.39 is 0 Å². The Morgan fingerprint density at radius 1 is 1.07 bits per heavy atom. The maximum atomic E-state index is 2.46. The van der Waals surface area contributed by atoms with Gasteiger partial charge in [-0.2, -0.15) is 0 Å². The number of nitrogens with zero attached hydrogens (tertiary/aromatic N) is 1. The Morgan fingerprint density at radius 2 is 1.64 bits per heavy atom. The summed E-state index contributed by atoms with van der Waals surface area (Å²) in [6.07, 6.45) is 4.11. The first-order valence-corrected chi connectivity index (χ1v) is 6.00. The van der Waals surface area contributed by atoms with E-state index >= 15 is 0 Å². The topological polar surface area (TPSA) is 3.24 Å². The summed E-state index contributed by atoms with van der Waals surface area (Å²) < 4.78 is 0. The Bertz CT molecular complexity index is 133. The molecular formula is C13H29N. The lowest BCUT2D eigenvalue weighted by Gasteiger charge is -2.26. The fraction of sp³-hybridized carbons (Fsp3) is 1.00. The highest BCUT2D eigenvalue weighted by molar-refractivity contribution is 4.66. The van der Waals surface area contributed by atoms with Crippen molar-refractivity contribution in [2.45, 2.75) is 53.9 Å². The standard InChI is InChI=1S/C13H29N/c1-12(2)9-7-8-10-14(6)11-13(3,4)5/h12H,7-11H2,1-6H3. The second-order valence-corrected chi connectivity index (χ2v) is 6.19. The minimum Gasteiger partial charge on any atom is -0.306 e. The van der Waals surface area contributed by atoms with Crippen LogP contribution in [0.3, 0.4) is 0 Å². The minimum atomic E-state index is 0.437. The molecular weight excluding hydrogens is 170 g/mol. The molecule has 0 bridgehead atoms. The van der Waals surface area contributed by atoms with Crippen molar-refractivity contribution in [1.29, 1.82) is 0 Å². The van der Waals surface area contributed by atoms with Crippen LogP contribution in [0.15, 0.2) is 0 Å². The third-order valence-electron chi connectivity index (χ3n) is 2.32. The van der Waals surface area contributed by atoms with Crippen molar-refractivity contribution in [2.75, 3.05) is 20.1 Å². The molecule has 0 fully saturated rings. The van der Waals surface area contributed by atoms with E-state index in [0.29, 0.717) is 5.41 Å². The van der Waals surface area contributed by atoms with Crippen molar-refractivity contribution < 1.29 is 0 Å². The fourth-order valence-electron chi connectivity index (χ4n) is 1.82. The van der Waals surface area contributed by atoms with Gasteiger partial charge in [-0.3, -0.25) is 0 Å². The Balaban J connectivity index is 3.40. The second kappa shape index (κ2) is 6.44. The van der Waals surface area contributed by atoms with Gasteiger partial charge in [-0.05, 0) is 31.3 Å². The van der Waals surface area contributed by atoms with Crippen LogP contribution >= 0.6 is 0 Å². The Morgan fingerprint density at radius 3 is 2.07 bits per heavy atom.